The molecule has 4 heteroatoms. The van der Waals surface area contributed by atoms with Crippen LogP contribution >= 0.6 is 11.6 Å². The summed E-state index contributed by atoms with van der Waals surface area (Å²) in [7, 11) is 0. The molecule has 0 amide bonds. The number of fused-ring (bicyclic) bond motifs is 1. The first-order valence-electron chi connectivity index (χ1n) is 6.14. The summed E-state index contributed by atoms with van der Waals surface area (Å²) >= 11 is 5.90. The standard InChI is InChI=1S/C16H11ClN2O/c17-13-5-3-4-12(10-13)8-9-16(20)19-11-18-14-6-1-2-7-15(14)19/h1-11H. The zero-order chi connectivity index (χ0) is 13.9. The lowest BCUT2D eigenvalue weighted by Crippen LogP contribution is -2.05. The lowest BCUT2D eigenvalue weighted by molar-refractivity contribution is 0.0974. The van der Waals surface area contributed by atoms with Gasteiger partial charge in [0.1, 0.15) is 6.33 Å². The SMILES string of the molecule is O=C(C=Cc1cccc(Cl)c1)n1cnc2ccccc21. The zero-order valence-corrected chi connectivity index (χ0v) is 11.3. The quantitative estimate of drug-likeness (QED) is 0.665. The summed E-state index contributed by atoms with van der Waals surface area (Å²) in [5, 5.41) is 0.646. The molecule has 0 aliphatic rings. The predicted molar refractivity (Wildman–Crippen MR) is 80.8 cm³/mol. The van der Waals surface area contributed by atoms with Gasteiger partial charge >= 0.3 is 0 Å². The van der Waals surface area contributed by atoms with Crippen LogP contribution < -0.4 is 0 Å². The maximum absolute atomic E-state index is 12.2. The van der Waals surface area contributed by atoms with Gasteiger partial charge in [-0.3, -0.25) is 9.36 Å². The van der Waals surface area contributed by atoms with E-state index in [9.17, 15) is 4.79 Å². The number of halogens is 1. The van der Waals surface area contributed by atoms with Crippen molar-refractivity contribution in [3.63, 3.8) is 0 Å². The van der Waals surface area contributed by atoms with Crippen molar-refractivity contribution in [2.24, 2.45) is 0 Å². The van der Waals surface area contributed by atoms with Crippen molar-refractivity contribution in [1.29, 1.82) is 0 Å². The molecule has 0 aliphatic heterocycles. The fourth-order valence-corrected chi connectivity index (χ4v) is 2.19. The highest BCUT2D eigenvalue weighted by Gasteiger charge is 2.06. The second kappa shape index (κ2) is 5.31. The van der Waals surface area contributed by atoms with Gasteiger partial charge in [-0.25, -0.2) is 4.98 Å². The number of carbonyl (C=O) groups excluding carboxylic acids is 1. The van der Waals surface area contributed by atoms with Gasteiger partial charge in [-0.05, 0) is 35.9 Å². The second-order valence-corrected chi connectivity index (χ2v) is 4.77. The molecule has 0 saturated carbocycles. The number of rotatable bonds is 2. The Morgan fingerprint density at radius 2 is 2.00 bits per heavy atom. The number of carbonyl (C=O) groups is 1. The van der Waals surface area contributed by atoms with Crippen LogP contribution in [-0.2, 0) is 0 Å². The fourth-order valence-electron chi connectivity index (χ4n) is 1.99. The van der Waals surface area contributed by atoms with Crippen LogP contribution in [-0.4, -0.2) is 15.5 Å². The Hall–Kier alpha value is -2.39. The Bertz CT molecular complexity index is 805. The van der Waals surface area contributed by atoms with Crippen molar-refractivity contribution in [3.8, 4) is 0 Å². The molecule has 0 bridgehead atoms. The highest BCUT2D eigenvalue weighted by Crippen LogP contribution is 2.14. The molecular formula is C16H11ClN2O. The molecule has 98 valence electrons. The summed E-state index contributed by atoms with van der Waals surface area (Å²) in [6, 6.07) is 14.9. The largest absolute Gasteiger partial charge is 0.269 e. The minimum atomic E-state index is -0.140. The van der Waals surface area contributed by atoms with Crippen molar-refractivity contribution < 1.29 is 4.79 Å². The first-order chi connectivity index (χ1) is 9.74. The molecule has 0 radical (unpaired) electrons. The van der Waals surface area contributed by atoms with Crippen molar-refractivity contribution in [2.75, 3.05) is 0 Å². The molecule has 0 fully saturated rings. The van der Waals surface area contributed by atoms with E-state index in [1.807, 2.05) is 36.4 Å². The molecule has 0 aliphatic carbocycles. The minimum absolute atomic E-state index is 0.140. The first-order valence-corrected chi connectivity index (χ1v) is 6.52. The third-order valence-corrected chi connectivity index (χ3v) is 3.19. The molecule has 1 aromatic heterocycles. The second-order valence-electron chi connectivity index (χ2n) is 4.33. The Kier molecular flexibility index (Phi) is 3.35. The summed E-state index contributed by atoms with van der Waals surface area (Å²) in [5.74, 6) is -0.140. The molecule has 0 N–H and O–H groups in total. The van der Waals surface area contributed by atoms with Crippen LogP contribution in [0.2, 0.25) is 5.02 Å². The molecule has 3 aromatic rings. The van der Waals surface area contributed by atoms with Crippen LogP contribution in [0, 0.1) is 0 Å². The number of benzene rings is 2. The third-order valence-electron chi connectivity index (χ3n) is 2.96. The molecule has 0 saturated heterocycles. The van der Waals surface area contributed by atoms with Gasteiger partial charge in [-0.15, -0.1) is 0 Å². The lowest BCUT2D eigenvalue weighted by Gasteiger charge is -1.98. The first kappa shape index (κ1) is 12.6. The number of imidazole rings is 1. The fraction of sp³-hybridized carbons (Fsp3) is 0. The minimum Gasteiger partial charge on any atom is -0.269 e. The van der Waals surface area contributed by atoms with Gasteiger partial charge in [0.25, 0.3) is 5.91 Å². The van der Waals surface area contributed by atoms with Crippen LogP contribution in [0.1, 0.15) is 10.4 Å². The van der Waals surface area contributed by atoms with Gasteiger partial charge in [0.15, 0.2) is 0 Å². The van der Waals surface area contributed by atoms with Gasteiger partial charge in [-0.2, -0.15) is 0 Å². The summed E-state index contributed by atoms with van der Waals surface area (Å²) in [6.07, 6.45) is 4.79. The molecule has 0 unspecified atom stereocenters. The number of para-hydroxylation sites is 2. The van der Waals surface area contributed by atoms with E-state index in [1.54, 1.807) is 18.2 Å². The average Bonchev–Trinajstić information content (AvgIpc) is 2.89. The summed E-state index contributed by atoms with van der Waals surface area (Å²) in [4.78, 5) is 16.4. The van der Waals surface area contributed by atoms with E-state index in [0.717, 1.165) is 16.6 Å². The van der Waals surface area contributed by atoms with Gasteiger partial charge in [0.2, 0.25) is 0 Å². The topological polar surface area (TPSA) is 34.9 Å². The summed E-state index contributed by atoms with van der Waals surface area (Å²) < 4.78 is 1.52. The molecule has 0 atom stereocenters. The molecule has 3 rings (SSSR count). The monoisotopic (exact) mass is 282 g/mol. The normalized spacial score (nSPS) is 11.2. The highest BCUT2D eigenvalue weighted by atomic mass is 35.5. The van der Waals surface area contributed by atoms with E-state index >= 15 is 0 Å². The number of allylic oxidation sites excluding steroid dienone is 1. The van der Waals surface area contributed by atoms with Crippen LogP contribution in [0.4, 0.5) is 0 Å². The van der Waals surface area contributed by atoms with Crippen LogP contribution in [0.15, 0.2) is 60.9 Å². The van der Waals surface area contributed by atoms with Crippen LogP contribution in [0.3, 0.4) is 0 Å². The highest BCUT2D eigenvalue weighted by molar-refractivity contribution is 6.30. The van der Waals surface area contributed by atoms with Gasteiger partial charge in [0, 0.05) is 11.1 Å². The molecule has 1 heterocycles. The van der Waals surface area contributed by atoms with E-state index in [0.29, 0.717) is 5.02 Å². The van der Waals surface area contributed by atoms with E-state index in [4.69, 9.17) is 11.6 Å². The van der Waals surface area contributed by atoms with Crippen molar-refractivity contribution in [1.82, 2.24) is 9.55 Å². The molecular weight excluding hydrogens is 272 g/mol. The van der Waals surface area contributed by atoms with Gasteiger partial charge in [0.05, 0.1) is 11.0 Å². The third kappa shape index (κ3) is 2.49. The maximum Gasteiger partial charge on any atom is 0.256 e. The van der Waals surface area contributed by atoms with E-state index in [2.05, 4.69) is 4.98 Å². The predicted octanol–water partition coefficient (Wildman–Crippen LogP) is 4.04. The maximum atomic E-state index is 12.2. The van der Waals surface area contributed by atoms with Crippen molar-refractivity contribution in [2.45, 2.75) is 0 Å². The van der Waals surface area contributed by atoms with Crippen molar-refractivity contribution >= 4 is 34.6 Å². The number of nitrogens with zero attached hydrogens (tertiary/aromatic N) is 2. The lowest BCUT2D eigenvalue weighted by atomic mass is 10.2. The Labute approximate surface area is 121 Å². The van der Waals surface area contributed by atoms with E-state index in [1.165, 1.54) is 17.0 Å². The zero-order valence-electron chi connectivity index (χ0n) is 10.5. The summed E-state index contributed by atoms with van der Waals surface area (Å²) in [6.45, 7) is 0. The summed E-state index contributed by atoms with van der Waals surface area (Å²) in [5.41, 5.74) is 2.49. The van der Waals surface area contributed by atoms with E-state index < -0.39 is 0 Å². The van der Waals surface area contributed by atoms with Crippen LogP contribution in [0.5, 0.6) is 0 Å². The van der Waals surface area contributed by atoms with Gasteiger partial charge < -0.3 is 0 Å². The number of hydrogen-bond acceptors (Lipinski definition) is 2. The molecule has 0 spiro atoms. The number of hydrogen-bond donors (Lipinski definition) is 0. The number of aromatic nitrogens is 2. The Balaban J connectivity index is 1.90. The van der Waals surface area contributed by atoms with Crippen LogP contribution in [0.25, 0.3) is 17.1 Å². The smallest absolute Gasteiger partial charge is 0.256 e. The van der Waals surface area contributed by atoms with E-state index in [-0.39, 0.29) is 5.91 Å². The van der Waals surface area contributed by atoms with Crippen molar-refractivity contribution in [3.05, 3.63) is 71.5 Å². The molecule has 20 heavy (non-hydrogen) atoms. The molecule has 2 aromatic carbocycles. The Morgan fingerprint density at radius 1 is 1.15 bits per heavy atom. The van der Waals surface area contributed by atoms with Gasteiger partial charge in [-0.1, -0.05) is 35.9 Å². The average molecular weight is 283 g/mol. The molecule has 3 nitrogen and oxygen atoms in total. The Morgan fingerprint density at radius 3 is 2.85 bits per heavy atom.